The second kappa shape index (κ2) is 9.00. The van der Waals surface area contributed by atoms with Crippen molar-refractivity contribution in [3.05, 3.63) is 59.9 Å². The fourth-order valence-electron chi connectivity index (χ4n) is 4.46. The SMILES string of the molecule is COC1CCC(NC(=O)CCCN2C(=O)c3cccn3C3C=CC(F)=CC2=C3)CC1. The molecule has 0 radical (unpaired) electrons. The Bertz CT molecular complexity index is 893. The molecular formula is C23H28FN3O3. The number of carbonyl (C=O) groups is 2. The summed E-state index contributed by atoms with van der Waals surface area (Å²) < 4.78 is 21.3. The Kier molecular flexibility index (Phi) is 6.18. The lowest BCUT2D eigenvalue weighted by molar-refractivity contribution is -0.122. The summed E-state index contributed by atoms with van der Waals surface area (Å²) in [5.41, 5.74) is 1.10. The summed E-state index contributed by atoms with van der Waals surface area (Å²) in [5.74, 6) is -0.564. The van der Waals surface area contributed by atoms with Gasteiger partial charge in [0.15, 0.2) is 0 Å². The van der Waals surface area contributed by atoms with Gasteiger partial charge in [0.2, 0.25) is 5.91 Å². The largest absolute Gasteiger partial charge is 0.381 e. The lowest BCUT2D eigenvalue weighted by Gasteiger charge is -2.28. The maximum absolute atomic E-state index is 14.1. The van der Waals surface area contributed by atoms with Gasteiger partial charge in [-0.25, -0.2) is 4.39 Å². The van der Waals surface area contributed by atoms with Gasteiger partial charge in [-0.15, -0.1) is 0 Å². The fourth-order valence-corrected chi connectivity index (χ4v) is 4.46. The van der Waals surface area contributed by atoms with Crippen LogP contribution in [0.2, 0.25) is 0 Å². The quantitative estimate of drug-likeness (QED) is 0.774. The van der Waals surface area contributed by atoms with Crippen molar-refractivity contribution in [2.24, 2.45) is 0 Å². The molecule has 3 aliphatic rings. The molecule has 2 heterocycles. The van der Waals surface area contributed by atoms with E-state index in [2.05, 4.69) is 5.32 Å². The number of halogens is 1. The average molecular weight is 413 g/mol. The molecule has 1 aromatic heterocycles. The van der Waals surface area contributed by atoms with E-state index in [0.29, 0.717) is 36.9 Å². The van der Waals surface area contributed by atoms with E-state index in [-0.39, 0.29) is 29.7 Å². The second-order valence-corrected chi connectivity index (χ2v) is 8.11. The van der Waals surface area contributed by atoms with Gasteiger partial charge in [-0.3, -0.25) is 9.59 Å². The van der Waals surface area contributed by atoms with E-state index >= 15 is 0 Å². The monoisotopic (exact) mass is 413 g/mol. The summed E-state index contributed by atoms with van der Waals surface area (Å²) in [6, 6.07) is 3.57. The summed E-state index contributed by atoms with van der Waals surface area (Å²) in [4.78, 5) is 27.1. The lowest BCUT2D eigenvalue weighted by atomic mass is 9.93. The van der Waals surface area contributed by atoms with Crippen molar-refractivity contribution in [3.8, 4) is 0 Å². The number of fused-ring (bicyclic) bond motifs is 3. The zero-order valence-corrected chi connectivity index (χ0v) is 17.2. The number of amides is 2. The van der Waals surface area contributed by atoms with Gasteiger partial charge in [-0.05, 0) is 62.5 Å². The molecule has 6 nitrogen and oxygen atoms in total. The van der Waals surface area contributed by atoms with Crippen molar-refractivity contribution in [2.75, 3.05) is 13.7 Å². The predicted octanol–water partition coefficient (Wildman–Crippen LogP) is 3.65. The Morgan fingerprint density at radius 1 is 1.30 bits per heavy atom. The van der Waals surface area contributed by atoms with Gasteiger partial charge >= 0.3 is 0 Å². The molecule has 2 amide bonds. The molecular weight excluding hydrogens is 385 g/mol. The van der Waals surface area contributed by atoms with Crippen LogP contribution in [0.4, 0.5) is 4.39 Å². The minimum atomic E-state index is -0.387. The number of ether oxygens (including phenoxy) is 1. The maximum Gasteiger partial charge on any atom is 0.274 e. The van der Waals surface area contributed by atoms with E-state index in [4.69, 9.17) is 4.74 Å². The zero-order valence-electron chi connectivity index (χ0n) is 17.2. The second-order valence-electron chi connectivity index (χ2n) is 8.11. The van der Waals surface area contributed by atoms with Crippen LogP contribution < -0.4 is 5.32 Å². The van der Waals surface area contributed by atoms with E-state index in [0.717, 1.165) is 25.7 Å². The highest BCUT2D eigenvalue weighted by molar-refractivity contribution is 5.95. The van der Waals surface area contributed by atoms with Gasteiger partial charge < -0.3 is 19.5 Å². The Balaban J connectivity index is 1.37. The molecule has 0 saturated heterocycles. The molecule has 2 aliphatic carbocycles. The molecule has 0 aromatic carbocycles. The normalized spacial score (nSPS) is 25.7. The first kappa shape index (κ1) is 20.6. The van der Waals surface area contributed by atoms with E-state index in [1.165, 1.54) is 12.2 Å². The van der Waals surface area contributed by atoms with Crippen molar-refractivity contribution in [1.82, 2.24) is 14.8 Å². The number of rotatable bonds is 6. The third kappa shape index (κ3) is 4.41. The number of allylic oxidation sites excluding steroid dienone is 5. The summed E-state index contributed by atoms with van der Waals surface area (Å²) in [5, 5.41) is 3.10. The van der Waals surface area contributed by atoms with Gasteiger partial charge in [0.25, 0.3) is 5.91 Å². The third-order valence-corrected chi connectivity index (χ3v) is 6.11. The number of methoxy groups -OCH3 is 1. The smallest absolute Gasteiger partial charge is 0.274 e. The highest BCUT2D eigenvalue weighted by Crippen LogP contribution is 2.29. The Labute approximate surface area is 176 Å². The van der Waals surface area contributed by atoms with Crippen LogP contribution in [0.3, 0.4) is 0 Å². The van der Waals surface area contributed by atoms with Gasteiger partial charge in [0.05, 0.1) is 12.1 Å². The molecule has 1 fully saturated rings. The van der Waals surface area contributed by atoms with Crippen LogP contribution in [0, 0.1) is 0 Å². The average Bonchev–Trinajstić information content (AvgIpc) is 3.11. The molecule has 1 aromatic rings. The first-order valence-electron chi connectivity index (χ1n) is 10.6. The highest BCUT2D eigenvalue weighted by Gasteiger charge is 2.28. The Hall–Kier alpha value is -2.67. The molecule has 0 spiro atoms. The van der Waals surface area contributed by atoms with Crippen LogP contribution in [-0.4, -0.2) is 47.1 Å². The predicted molar refractivity (Wildman–Crippen MR) is 111 cm³/mol. The van der Waals surface area contributed by atoms with Gasteiger partial charge in [-0.1, -0.05) is 6.08 Å². The summed E-state index contributed by atoms with van der Waals surface area (Å²) in [7, 11) is 1.73. The number of aromatic nitrogens is 1. The molecule has 1 atom stereocenters. The summed E-state index contributed by atoms with van der Waals surface area (Å²) in [6.07, 6.45) is 13.2. The standard InChI is InChI=1S/C23H28FN3O3/c1-30-20-10-7-17(8-11-20)25-22(28)5-3-13-27-19-14-16(24)6-9-18(15-19)26-12-2-4-21(26)23(27)29/h2,4,6,9,12,14-15,17-18,20H,3,5,7-8,10-11,13H2,1H3,(H,25,28). The minimum absolute atomic E-state index is 0.00220. The van der Waals surface area contributed by atoms with Crippen molar-refractivity contribution >= 4 is 11.8 Å². The van der Waals surface area contributed by atoms with Gasteiger partial charge in [-0.2, -0.15) is 0 Å². The van der Waals surface area contributed by atoms with Crippen LogP contribution in [0.5, 0.6) is 0 Å². The van der Waals surface area contributed by atoms with Crippen LogP contribution >= 0.6 is 0 Å². The Morgan fingerprint density at radius 3 is 2.87 bits per heavy atom. The number of nitrogens with zero attached hydrogens (tertiary/aromatic N) is 2. The number of hydrogen-bond acceptors (Lipinski definition) is 3. The van der Waals surface area contributed by atoms with Crippen LogP contribution in [0.25, 0.3) is 0 Å². The topological polar surface area (TPSA) is 63.6 Å². The molecule has 160 valence electrons. The van der Waals surface area contributed by atoms with Gasteiger partial charge in [0.1, 0.15) is 11.5 Å². The van der Waals surface area contributed by atoms with Crippen molar-refractivity contribution in [3.63, 3.8) is 0 Å². The summed E-state index contributed by atoms with van der Waals surface area (Å²) in [6.45, 7) is 0.357. The lowest BCUT2D eigenvalue weighted by Crippen LogP contribution is -2.39. The van der Waals surface area contributed by atoms with E-state index in [1.807, 2.05) is 22.9 Å². The van der Waals surface area contributed by atoms with Crippen LogP contribution in [0.1, 0.15) is 55.1 Å². The van der Waals surface area contributed by atoms with Gasteiger partial charge in [0, 0.05) is 38.0 Å². The first-order chi connectivity index (χ1) is 14.5. The van der Waals surface area contributed by atoms with E-state index in [9.17, 15) is 14.0 Å². The number of hydrogen-bond donors (Lipinski definition) is 1. The first-order valence-corrected chi connectivity index (χ1v) is 10.6. The minimum Gasteiger partial charge on any atom is -0.381 e. The van der Waals surface area contributed by atoms with Crippen LogP contribution in [0.15, 0.2) is 54.2 Å². The molecule has 4 rings (SSSR count). The number of carbonyl (C=O) groups excluding carboxylic acids is 2. The number of nitrogens with one attached hydrogen (secondary N) is 1. The van der Waals surface area contributed by atoms with E-state index in [1.54, 1.807) is 24.2 Å². The highest BCUT2D eigenvalue weighted by atomic mass is 19.1. The maximum atomic E-state index is 14.1. The van der Waals surface area contributed by atoms with Crippen LogP contribution in [-0.2, 0) is 9.53 Å². The van der Waals surface area contributed by atoms with Crippen molar-refractivity contribution in [1.29, 1.82) is 0 Å². The molecule has 1 saturated carbocycles. The molecule has 7 heteroatoms. The summed E-state index contributed by atoms with van der Waals surface area (Å²) >= 11 is 0. The fraction of sp³-hybridized carbons (Fsp3) is 0.478. The molecule has 1 unspecified atom stereocenters. The van der Waals surface area contributed by atoms with E-state index < -0.39 is 0 Å². The van der Waals surface area contributed by atoms with Crippen molar-refractivity contribution < 1.29 is 18.7 Å². The van der Waals surface area contributed by atoms with Crippen molar-refractivity contribution in [2.45, 2.75) is 56.7 Å². The zero-order chi connectivity index (χ0) is 21.1. The molecule has 30 heavy (non-hydrogen) atoms. The molecule has 2 bridgehead atoms. The molecule has 1 N–H and O–H groups in total. The Morgan fingerprint density at radius 2 is 2.10 bits per heavy atom. The molecule has 1 aliphatic heterocycles. The third-order valence-electron chi connectivity index (χ3n) is 6.11.